The third-order valence-corrected chi connectivity index (χ3v) is 8.35. The Labute approximate surface area is 151 Å². The van der Waals surface area contributed by atoms with E-state index in [1.54, 1.807) is 22.4 Å². The molecular formula is C16H21N3O4S2. The minimum absolute atomic E-state index is 0.0508. The molecule has 1 unspecified atom stereocenters. The molecule has 1 N–H and O–H groups in total. The number of amides is 2. The second kappa shape index (κ2) is 6.37. The average Bonchev–Trinajstić information content (AvgIpc) is 3.02. The second-order valence-electron chi connectivity index (χ2n) is 7.04. The number of hydrogen-bond acceptors (Lipinski definition) is 5. The summed E-state index contributed by atoms with van der Waals surface area (Å²) in [6, 6.07) is 3.18. The van der Waals surface area contributed by atoms with Crippen LogP contribution in [0.3, 0.4) is 0 Å². The topological polar surface area (TPSA) is 86.8 Å². The van der Waals surface area contributed by atoms with E-state index in [2.05, 4.69) is 5.32 Å². The number of sulfonamides is 1. The van der Waals surface area contributed by atoms with Gasteiger partial charge in [-0.2, -0.15) is 4.31 Å². The van der Waals surface area contributed by atoms with Gasteiger partial charge in [-0.05, 0) is 30.2 Å². The first kappa shape index (κ1) is 17.0. The van der Waals surface area contributed by atoms with Crippen LogP contribution in [-0.2, 0) is 19.6 Å². The molecule has 1 aromatic heterocycles. The van der Waals surface area contributed by atoms with Gasteiger partial charge < -0.3 is 10.2 Å². The highest BCUT2D eigenvalue weighted by atomic mass is 32.2. The monoisotopic (exact) mass is 383 g/mol. The van der Waals surface area contributed by atoms with Crippen LogP contribution < -0.4 is 5.32 Å². The van der Waals surface area contributed by atoms with Gasteiger partial charge in [0.1, 0.15) is 4.21 Å². The van der Waals surface area contributed by atoms with Crippen molar-refractivity contribution >= 4 is 33.2 Å². The number of carbonyl (C=O) groups excluding carboxylic acids is 2. The van der Waals surface area contributed by atoms with E-state index < -0.39 is 10.0 Å². The Kier molecular flexibility index (Phi) is 4.33. The van der Waals surface area contributed by atoms with E-state index in [-0.39, 0.29) is 30.2 Å². The molecule has 1 saturated carbocycles. The quantitative estimate of drug-likeness (QED) is 0.775. The van der Waals surface area contributed by atoms with Gasteiger partial charge in [-0.3, -0.25) is 9.59 Å². The number of rotatable bonds is 6. The van der Waals surface area contributed by atoms with Crippen molar-refractivity contribution in [1.29, 1.82) is 0 Å². The van der Waals surface area contributed by atoms with Gasteiger partial charge in [0.05, 0.1) is 12.0 Å². The van der Waals surface area contributed by atoms with Crippen LogP contribution in [0, 0.1) is 11.8 Å². The van der Waals surface area contributed by atoms with E-state index in [0.29, 0.717) is 36.3 Å². The van der Waals surface area contributed by atoms with Crippen LogP contribution in [-0.4, -0.2) is 61.7 Å². The highest BCUT2D eigenvalue weighted by Crippen LogP contribution is 2.31. The summed E-state index contributed by atoms with van der Waals surface area (Å²) in [6.45, 7) is 1.72. The first-order valence-electron chi connectivity index (χ1n) is 8.56. The summed E-state index contributed by atoms with van der Waals surface area (Å²) in [5.41, 5.74) is 0. The molecule has 3 heterocycles. The Morgan fingerprint density at radius 3 is 2.68 bits per heavy atom. The van der Waals surface area contributed by atoms with Crippen LogP contribution >= 0.6 is 11.3 Å². The maximum Gasteiger partial charge on any atom is 0.252 e. The molecule has 2 aliphatic heterocycles. The summed E-state index contributed by atoms with van der Waals surface area (Å²) in [7, 11) is -3.45. The summed E-state index contributed by atoms with van der Waals surface area (Å²) in [6.07, 6.45) is 2.57. The number of nitrogens with zero attached hydrogens (tertiary/aromatic N) is 2. The van der Waals surface area contributed by atoms with Gasteiger partial charge in [0.25, 0.3) is 10.0 Å². The van der Waals surface area contributed by atoms with Gasteiger partial charge >= 0.3 is 0 Å². The van der Waals surface area contributed by atoms with Crippen LogP contribution in [0.1, 0.15) is 19.3 Å². The Morgan fingerprint density at radius 2 is 2.04 bits per heavy atom. The Bertz CT molecular complexity index is 767. The van der Waals surface area contributed by atoms with Crippen molar-refractivity contribution in [3.8, 4) is 0 Å². The van der Waals surface area contributed by atoms with Gasteiger partial charge in [-0.15, -0.1) is 11.3 Å². The normalized spacial score (nSPS) is 25.2. The third-order valence-electron chi connectivity index (χ3n) is 5.15. The summed E-state index contributed by atoms with van der Waals surface area (Å²) >= 11 is 1.20. The van der Waals surface area contributed by atoms with Crippen LogP contribution in [0.25, 0.3) is 0 Å². The number of thiophene rings is 1. The molecule has 0 bridgehead atoms. The van der Waals surface area contributed by atoms with Gasteiger partial charge in [0.2, 0.25) is 11.8 Å². The molecule has 1 atom stereocenters. The summed E-state index contributed by atoms with van der Waals surface area (Å²) < 4.78 is 26.6. The van der Waals surface area contributed by atoms with Crippen molar-refractivity contribution in [1.82, 2.24) is 14.5 Å². The van der Waals surface area contributed by atoms with Crippen molar-refractivity contribution < 1.29 is 18.0 Å². The smallest absolute Gasteiger partial charge is 0.252 e. The van der Waals surface area contributed by atoms with Crippen LogP contribution in [0.15, 0.2) is 21.7 Å². The molecule has 2 amide bonds. The molecule has 136 valence electrons. The molecule has 0 spiro atoms. The molecule has 0 radical (unpaired) electrons. The molecule has 0 aromatic carbocycles. The van der Waals surface area contributed by atoms with Gasteiger partial charge in [-0.1, -0.05) is 6.07 Å². The van der Waals surface area contributed by atoms with Crippen molar-refractivity contribution in [2.45, 2.75) is 29.5 Å². The van der Waals surface area contributed by atoms with Crippen molar-refractivity contribution in [2.24, 2.45) is 11.8 Å². The van der Waals surface area contributed by atoms with E-state index in [0.717, 1.165) is 0 Å². The molecule has 3 fully saturated rings. The number of carbonyl (C=O) groups is 2. The minimum atomic E-state index is -3.45. The average molecular weight is 383 g/mol. The van der Waals surface area contributed by atoms with E-state index in [4.69, 9.17) is 0 Å². The lowest BCUT2D eigenvalue weighted by atomic mass is 10.1. The third kappa shape index (κ3) is 3.32. The molecule has 3 aliphatic rings. The zero-order valence-corrected chi connectivity index (χ0v) is 15.4. The number of likely N-dealkylation sites (tertiary alicyclic amines) is 1. The predicted molar refractivity (Wildman–Crippen MR) is 92.4 cm³/mol. The Hall–Kier alpha value is -1.45. The molecule has 9 heteroatoms. The van der Waals surface area contributed by atoms with E-state index in [9.17, 15) is 18.0 Å². The van der Waals surface area contributed by atoms with Crippen molar-refractivity contribution in [2.75, 3.05) is 26.2 Å². The molecule has 7 nitrogen and oxygen atoms in total. The number of nitrogens with one attached hydrogen (secondary N) is 1. The van der Waals surface area contributed by atoms with E-state index >= 15 is 0 Å². The fourth-order valence-corrected chi connectivity index (χ4v) is 5.98. The van der Waals surface area contributed by atoms with Crippen LogP contribution in [0.4, 0.5) is 0 Å². The highest BCUT2D eigenvalue weighted by molar-refractivity contribution is 7.91. The second-order valence-corrected chi connectivity index (χ2v) is 10.2. The summed E-state index contributed by atoms with van der Waals surface area (Å²) in [4.78, 5) is 26.1. The summed E-state index contributed by atoms with van der Waals surface area (Å²) in [5, 5.41) is 4.67. The zero-order chi connectivity index (χ0) is 17.6. The first-order valence-corrected chi connectivity index (χ1v) is 10.9. The van der Waals surface area contributed by atoms with Gasteiger partial charge in [-0.25, -0.2) is 8.42 Å². The fourth-order valence-electron chi connectivity index (χ4n) is 3.32. The van der Waals surface area contributed by atoms with Crippen LogP contribution in [0.5, 0.6) is 0 Å². The van der Waals surface area contributed by atoms with E-state index in [1.807, 2.05) is 0 Å². The summed E-state index contributed by atoms with van der Waals surface area (Å²) in [5.74, 6) is 0.198. The maximum absolute atomic E-state index is 12.4. The fraction of sp³-hybridized carbons (Fsp3) is 0.625. The SMILES string of the molecule is O=C(NCC1CC1)C1CC(=O)N(C2CN(S(=O)(=O)c3cccs3)C2)C1. The minimum Gasteiger partial charge on any atom is -0.356 e. The first-order chi connectivity index (χ1) is 11.9. The molecule has 1 aromatic rings. The molecule has 2 saturated heterocycles. The van der Waals surface area contributed by atoms with Crippen molar-refractivity contribution in [3.05, 3.63) is 17.5 Å². The number of hydrogen-bond donors (Lipinski definition) is 1. The molecule has 1 aliphatic carbocycles. The van der Waals surface area contributed by atoms with Crippen molar-refractivity contribution in [3.63, 3.8) is 0 Å². The predicted octanol–water partition coefficient (Wildman–Crippen LogP) is 0.496. The van der Waals surface area contributed by atoms with Gasteiger partial charge in [0, 0.05) is 32.6 Å². The molecule has 4 rings (SSSR count). The zero-order valence-electron chi connectivity index (χ0n) is 13.8. The van der Waals surface area contributed by atoms with E-state index in [1.165, 1.54) is 28.5 Å². The lowest BCUT2D eigenvalue weighted by Crippen LogP contribution is -2.61. The lowest BCUT2D eigenvalue weighted by Gasteiger charge is -2.42. The van der Waals surface area contributed by atoms with Crippen LogP contribution in [0.2, 0.25) is 0 Å². The largest absolute Gasteiger partial charge is 0.356 e. The highest BCUT2D eigenvalue weighted by Gasteiger charge is 2.45. The molecular weight excluding hydrogens is 362 g/mol. The van der Waals surface area contributed by atoms with Gasteiger partial charge in [0.15, 0.2) is 0 Å². The lowest BCUT2D eigenvalue weighted by molar-refractivity contribution is -0.132. The maximum atomic E-state index is 12.4. The Balaban J connectivity index is 1.31. The Morgan fingerprint density at radius 1 is 1.28 bits per heavy atom. The molecule has 25 heavy (non-hydrogen) atoms. The standard InChI is InChI=1S/C16H21N3O4S2/c20-14-6-12(16(21)17-7-11-3-4-11)8-19(14)13-9-18(10-13)25(22,23)15-2-1-5-24-15/h1-2,5,11-13H,3-4,6-10H2,(H,17,21).